The van der Waals surface area contributed by atoms with Crippen molar-refractivity contribution in [2.24, 2.45) is 11.7 Å². The van der Waals surface area contributed by atoms with Gasteiger partial charge in [0.2, 0.25) is 5.91 Å². The molecule has 0 radical (unpaired) electrons. The van der Waals surface area contributed by atoms with Crippen LogP contribution in [0.2, 0.25) is 0 Å². The zero-order valence-electron chi connectivity index (χ0n) is 12.1. The molecule has 1 heterocycles. The van der Waals surface area contributed by atoms with Crippen LogP contribution in [0.15, 0.2) is 0 Å². The van der Waals surface area contributed by atoms with E-state index in [-0.39, 0.29) is 11.8 Å². The largest absolute Gasteiger partial charge is 0.355 e. The van der Waals surface area contributed by atoms with Crippen LogP contribution in [0.3, 0.4) is 0 Å². The molecule has 1 saturated heterocycles. The Hall–Kier alpha value is -0.610. The maximum Gasteiger partial charge on any atom is 0.224 e. The van der Waals surface area contributed by atoms with E-state index in [2.05, 4.69) is 10.2 Å². The lowest BCUT2D eigenvalue weighted by molar-refractivity contribution is -0.127. The van der Waals surface area contributed by atoms with E-state index in [0.717, 1.165) is 25.4 Å². The summed E-state index contributed by atoms with van der Waals surface area (Å²) in [5.41, 5.74) is 5.44. The Labute approximate surface area is 117 Å². The van der Waals surface area contributed by atoms with Gasteiger partial charge in [-0.2, -0.15) is 0 Å². The van der Waals surface area contributed by atoms with Gasteiger partial charge in [-0.3, -0.25) is 9.69 Å². The summed E-state index contributed by atoms with van der Waals surface area (Å²) in [5, 5.41) is 2.95. The molecule has 2 aliphatic rings. The molecule has 0 aromatic carbocycles. The van der Waals surface area contributed by atoms with Crippen molar-refractivity contribution in [3.8, 4) is 0 Å². The first kappa shape index (κ1) is 14.8. The van der Waals surface area contributed by atoms with Gasteiger partial charge < -0.3 is 11.1 Å². The van der Waals surface area contributed by atoms with Crippen LogP contribution in [-0.2, 0) is 4.79 Å². The lowest BCUT2D eigenvalue weighted by Crippen LogP contribution is -2.47. The smallest absolute Gasteiger partial charge is 0.224 e. The average molecular weight is 267 g/mol. The van der Waals surface area contributed by atoms with Gasteiger partial charge in [0.05, 0.1) is 5.92 Å². The number of amides is 1. The number of nitrogens with one attached hydrogen (secondary N) is 1. The quantitative estimate of drug-likeness (QED) is 0.759. The van der Waals surface area contributed by atoms with E-state index >= 15 is 0 Å². The van der Waals surface area contributed by atoms with Crippen LogP contribution in [0.5, 0.6) is 0 Å². The maximum atomic E-state index is 12.1. The van der Waals surface area contributed by atoms with Gasteiger partial charge in [0, 0.05) is 25.7 Å². The number of piperidine rings is 1. The van der Waals surface area contributed by atoms with Crippen LogP contribution in [0.25, 0.3) is 0 Å². The highest BCUT2D eigenvalue weighted by Gasteiger charge is 2.29. The molecule has 0 spiro atoms. The average Bonchev–Trinajstić information content (AvgIpc) is 2.74. The van der Waals surface area contributed by atoms with Gasteiger partial charge in [0.1, 0.15) is 0 Å². The van der Waals surface area contributed by atoms with Crippen molar-refractivity contribution in [1.82, 2.24) is 10.2 Å². The predicted octanol–water partition coefficient (Wildman–Crippen LogP) is 1.50. The Morgan fingerprint density at radius 2 is 1.84 bits per heavy atom. The van der Waals surface area contributed by atoms with Gasteiger partial charge in [-0.1, -0.05) is 25.7 Å². The zero-order chi connectivity index (χ0) is 13.5. The molecule has 110 valence electrons. The fourth-order valence-electron chi connectivity index (χ4n) is 3.51. The van der Waals surface area contributed by atoms with Crippen molar-refractivity contribution >= 4 is 5.91 Å². The monoisotopic (exact) mass is 267 g/mol. The van der Waals surface area contributed by atoms with E-state index in [0.29, 0.717) is 13.1 Å². The minimum atomic E-state index is 0.184. The molecule has 0 bridgehead atoms. The molecule has 2 rings (SSSR count). The number of carbonyl (C=O) groups excluding carboxylic acids is 1. The third kappa shape index (κ3) is 4.46. The molecule has 1 aliphatic carbocycles. The number of rotatable bonds is 4. The molecule has 1 atom stereocenters. The number of carbonyl (C=O) groups is 1. The lowest BCUT2D eigenvalue weighted by Gasteiger charge is -2.37. The molecule has 2 fully saturated rings. The third-order valence-corrected chi connectivity index (χ3v) is 4.61. The standard InChI is InChI=1S/C15H29N3O/c16-9-10-17-15(19)13-6-5-11-18(12-13)14-7-3-1-2-4-8-14/h13-14H,1-12,16H2,(H,17,19). The first-order chi connectivity index (χ1) is 9.31. The molecule has 4 nitrogen and oxygen atoms in total. The topological polar surface area (TPSA) is 58.4 Å². The van der Waals surface area contributed by atoms with Crippen LogP contribution in [-0.4, -0.2) is 43.0 Å². The van der Waals surface area contributed by atoms with Crippen LogP contribution in [0.4, 0.5) is 0 Å². The second kappa shape index (κ2) is 7.85. The van der Waals surface area contributed by atoms with Gasteiger partial charge >= 0.3 is 0 Å². The number of hydrogen-bond acceptors (Lipinski definition) is 3. The number of nitrogens with zero attached hydrogens (tertiary/aromatic N) is 1. The summed E-state index contributed by atoms with van der Waals surface area (Å²) in [6, 6.07) is 0.729. The van der Waals surface area contributed by atoms with Crippen molar-refractivity contribution < 1.29 is 4.79 Å². The van der Waals surface area contributed by atoms with Gasteiger partial charge in [-0.15, -0.1) is 0 Å². The third-order valence-electron chi connectivity index (χ3n) is 4.61. The molecular weight excluding hydrogens is 238 g/mol. The minimum absolute atomic E-state index is 0.184. The number of likely N-dealkylation sites (tertiary alicyclic amines) is 1. The number of hydrogen-bond donors (Lipinski definition) is 2. The molecule has 3 N–H and O–H groups in total. The summed E-state index contributed by atoms with van der Waals surface area (Å²) in [4.78, 5) is 14.6. The van der Waals surface area contributed by atoms with Crippen LogP contribution in [0.1, 0.15) is 51.4 Å². The highest BCUT2D eigenvalue weighted by molar-refractivity contribution is 5.78. The summed E-state index contributed by atoms with van der Waals surface area (Å²) in [6.07, 6.45) is 10.4. The van der Waals surface area contributed by atoms with E-state index in [1.54, 1.807) is 0 Å². The summed E-state index contributed by atoms with van der Waals surface area (Å²) in [7, 11) is 0. The summed E-state index contributed by atoms with van der Waals surface area (Å²) in [6.45, 7) is 3.29. The molecular formula is C15H29N3O. The predicted molar refractivity (Wildman–Crippen MR) is 77.9 cm³/mol. The van der Waals surface area contributed by atoms with Gasteiger partial charge in [-0.05, 0) is 32.2 Å². The van der Waals surface area contributed by atoms with E-state index in [1.807, 2.05) is 0 Å². The molecule has 1 unspecified atom stereocenters. The Balaban J connectivity index is 1.83. The van der Waals surface area contributed by atoms with Gasteiger partial charge in [0.25, 0.3) is 0 Å². The van der Waals surface area contributed by atoms with E-state index in [4.69, 9.17) is 5.73 Å². The van der Waals surface area contributed by atoms with Crippen molar-refractivity contribution in [2.75, 3.05) is 26.2 Å². The summed E-state index contributed by atoms with van der Waals surface area (Å²) >= 11 is 0. The highest BCUT2D eigenvalue weighted by atomic mass is 16.1. The number of nitrogens with two attached hydrogens (primary N) is 1. The van der Waals surface area contributed by atoms with Crippen LogP contribution in [0, 0.1) is 5.92 Å². The van der Waals surface area contributed by atoms with Crippen molar-refractivity contribution in [3.63, 3.8) is 0 Å². The van der Waals surface area contributed by atoms with E-state index in [1.165, 1.54) is 45.1 Å². The fraction of sp³-hybridized carbons (Fsp3) is 0.933. The van der Waals surface area contributed by atoms with Gasteiger partial charge in [0.15, 0.2) is 0 Å². The molecule has 0 aromatic rings. The Morgan fingerprint density at radius 1 is 1.11 bits per heavy atom. The van der Waals surface area contributed by atoms with E-state index < -0.39 is 0 Å². The second-order valence-corrected chi connectivity index (χ2v) is 6.06. The molecule has 4 heteroatoms. The molecule has 1 aliphatic heterocycles. The maximum absolute atomic E-state index is 12.1. The highest BCUT2D eigenvalue weighted by Crippen LogP contribution is 2.26. The first-order valence-corrected chi connectivity index (χ1v) is 8.03. The molecule has 0 aromatic heterocycles. The minimum Gasteiger partial charge on any atom is -0.355 e. The Morgan fingerprint density at radius 3 is 2.53 bits per heavy atom. The molecule has 1 amide bonds. The summed E-state index contributed by atoms with van der Waals surface area (Å²) < 4.78 is 0. The van der Waals surface area contributed by atoms with Crippen molar-refractivity contribution in [3.05, 3.63) is 0 Å². The fourth-order valence-corrected chi connectivity index (χ4v) is 3.51. The van der Waals surface area contributed by atoms with Crippen LogP contribution < -0.4 is 11.1 Å². The SMILES string of the molecule is NCCNC(=O)C1CCCN(C2CCCCCC2)C1. The summed E-state index contributed by atoms with van der Waals surface area (Å²) in [5.74, 6) is 0.396. The molecule has 1 saturated carbocycles. The first-order valence-electron chi connectivity index (χ1n) is 8.03. The lowest BCUT2D eigenvalue weighted by atomic mass is 9.94. The van der Waals surface area contributed by atoms with Crippen molar-refractivity contribution in [2.45, 2.75) is 57.4 Å². The second-order valence-electron chi connectivity index (χ2n) is 6.06. The van der Waals surface area contributed by atoms with Gasteiger partial charge in [-0.25, -0.2) is 0 Å². The van der Waals surface area contributed by atoms with Crippen molar-refractivity contribution in [1.29, 1.82) is 0 Å². The molecule has 19 heavy (non-hydrogen) atoms. The van der Waals surface area contributed by atoms with E-state index in [9.17, 15) is 4.79 Å². The Bertz CT molecular complexity index is 275. The zero-order valence-corrected chi connectivity index (χ0v) is 12.1. The normalized spacial score (nSPS) is 26.9. The Kier molecular flexibility index (Phi) is 6.11. The van der Waals surface area contributed by atoms with Crippen LogP contribution >= 0.6 is 0 Å².